The second-order valence-electron chi connectivity index (χ2n) is 9.01. The van der Waals surface area contributed by atoms with Gasteiger partial charge < -0.3 is 14.6 Å². The molecule has 1 fully saturated rings. The molecule has 0 radical (unpaired) electrons. The number of hydrogen-bond acceptors (Lipinski definition) is 6. The van der Waals surface area contributed by atoms with Crippen LogP contribution in [0.4, 0.5) is 4.79 Å². The second-order valence-corrected chi connectivity index (χ2v) is 9.01. The van der Waals surface area contributed by atoms with Crippen LogP contribution < -0.4 is 0 Å². The number of carbonyl (C=O) groups excluding carboxylic acids is 3. The van der Waals surface area contributed by atoms with E-state index in [2.05, 4.69) is 0 Å². The molecule has 3 rings (SSSR count). The number of cyclic esters (lactones) is 1. The lowest BCUT2D eigenvalue weighted by atomic mass is 9.85. The largest absolute Gasteiger partial charge is 0.447 e. The monoisotopic (exact) mass is 467 g/mol. The molecule has 0 unspecified atom stereocenters. The van der Waals surface area contributed by atoms with Crippen molar-refractivity contribution in [3.63, 3.8) is 0 Å². The third-order valence-corrected chi connectivity index (χ3v) is 6.35. The van der Waals surface area contributed by atoms with E-state index in [1.165, 1.54) is 6.92 Å². The molecule has 182 valence electrons. The first kappa shape index (κ1) is 25.6. The van der Waals surface area contributed by atoms with E-state index >= 15 is 0 Å². The Morgan fingerprint density at radius 3 is 2.24 bits per heavy atom. The zero-order chi connectivity index (χ0) is 24.7. The lowest BCUT2D eigenvalue weighted by Crippen LogP contribution is -2.47. The Labute approximate surface area is 200 Å². The van der Waals surface area contributed by atoms with Crippen LogP contribution in [0.2, 0.25) is 0 Å². The second kappa shape index (κ2) is 11.9. The number of nitrogens with zero attached hydrogens (tertiary/aromatic N) is 1. The number of ether oxygens (including phenoxy) is 2. The van der Waals surface area contributed by atoms with Gasteiger partial charge in [0.05, 0.1) is 31.3 Å². The maximum Gasteiger partial charge on any atom is 0.417 e. The smallest absolute Gasteiger partial charge is 0.417 e. The molecule has 1 N–H and O–H groups in total. The van der Waals surface area contributed by atoms with Crippen molar-refractivity contribution in [1.29, 1.82) is 0 Å². The molecule has 2 amide bonds. The predicted molar refractivity (Wildman–Crippen MR) is 127 cm³/mol. The molecule has 2 aromatic rings. The third kappa shape index (κ3) is 6.30. The van der Waals surface area contributed by atoms with Crippen LogP contribution >= 0.6 is 0 Å². The molecule has 7 heteroatoms. The van der Waals surface area contributed by atoms with E-state index in [1.54, 1.807) is 13.8 Å². The highest BCUT2D eigenvalue weighted by molar-refractivity contribution is 6.07. The summed E-state index contributed by atoms with van der Waals surface area (Å²) in [6.07, 6.45) is -1.27. The fourth-order valence-corrected chi connectivity index (χ4v) is 4.19. The van der Waals surface area contributed by atoms with Gasteiger partial charge >= 0.3 is 6.09 Å². The van der Waals surface area contributed by atoms with E-state index in [1.807, 2.05) is 60.7 Å². The summed E-state index contributed by atoms with van der Waals surface area (Å²) in [4.78, 5) is 39.5. The number of hydrogen-bond donors (Lipinski definition) is 1. The summed E-state index contributed by atoms with van der Waals surface area (Å²) in [5.41, 5.74) is 1.99. The van der Waals surface area contributed by atoms with Gasteiger partial charge in [-0.25, -0.2) is 9.69 Å². The molecule has 1 saturated heterocycles. The van der Waals surface area contributed by atoms with Crippen LogP contribution in [0, 0.1) is 17.8 Å². The molecule has 2 aromatic carbocycles. The number of aliphatic hydroxyl groups is 1. The predicted octanol–water partition coefficient (Wildman–Crippen LogP) is 3.63. The molecular weight excluding hydrogens is 434 g/mol. The van der Waals surface area contributed by atoms with Gasteiger partial charge in [-0.2, -0.15) is 0 Å². The zero-order valence-corrected chi connectivity index (χ0v) is 19.9. The number of carbonyl (C=O) groups is 3. The Bertz CT molecular complexity index is 964. The lowest BCUT2D eigenvalue weighted by molar-refractivity contribution is -0.142. The summed E-state index contributed by atoms with van der Waals surface area (Å²) in [6.45, 7) is 5.67. The van der Waals surface area contributed by atoms with E-state index in [0.717, 1.165) is 16.0 Å². The van der Waals surface area contributed by atoms with Crippen molar-refractivity contribution in [1.82, 2.24) is 4.90 Å². The van der Waals surface area contributed by atoms with Crippen molar-refractivity contribution in [3.8, 4) is 0 Å². The Morgan fingerprint density at radius 1 is 1.03 bits per heavy atom. The normalized spacial score (nSPS) is 19.2. The highest BCUT2D eigenvalue weighted by Crippen LogP contribution is 2.24. The van der Waals surface area contributed by atoms with Crippen LogP contribution in [0.3, 0.4) is 0 Å². The van der Waals surface area contributed by atoms with Crippen molar-refractivity contribution in [2.45, 2.75) is 45.9 Å². The highest BCUT2D eigenvalue weighted by Gasteiger charge is 2.43. The molecule has 34 heavy (non-hydrogen) atoms. The van der Waals surface area contributed by atoms with Crippen LogP contribution in [0.15, 0.2) is 60.7 Å². The number of aliphatic hydroxyl groups excluding tert-OH is 1. The number of rotatable bonds is 11. The molecule has 5 atom stereocenters. The average molecular weight is 468 g/mol. The average Bonchev–Trinajstić information content (AvgIpc) is 3.22. The Morgan fingerprint density at radius 2 is 1.62 bits per heavy atom. The molecular formula is C27H33NO6. The molecule has 1 aliphatic heterocycles. The lowest BCUT2D eigenvalue weighted by Gasteiger charge is -2.27. The summed E-state index contributed by atoms with van der Waals surface area (Å²) in [6, 6.07) is 18.7. The molecule has 1 heterocycles. The summed E-state index contributed by atoms with van der Waals surface area (Å²) >= 11 is 0. The quantitative estimate of drug-likeness (QED) is 0.507. The number of Topliss-reactive ketones (excluding diaryl/α,β-unsaturated/α-hetero) is 1. The van der Waals surface area contributed by atoms with Crippen LogP contribution in [-0.4, -0.2) is 53.1 Å². The summed E-state index contributed by atoms with van der Waals surface area (Å²) in [7, 11) is 0. The van der Waals surface area contributed by atoms with Gasteiger partial charge in [0.25, 0.3) is 0 Å². The van der Waals surface area contributed by atoms with Crippen molar-refractivity contribution < 1.29 is 29.0 Å². The minimum atomic E-state index is -1.08. The number of amides is 2. The minimum absolute atomic E-state index is 0.0916. The van der Waals surface area contributed by atoms with Gasteiger partial charge in [-0.05, 0) is 24.5 Å². The Hall–Kier alpha value is -3.03. The summed E-state index contributed by atoms with van der Waals surface area (Å²) in [5.74, 6) is -3.19. The molecule has 0 saturated carbocycles. The SMILES string of the molecule is C[C@H](C(=O)[C@@H](C)[C@H](O)[C@H](C)COCc1ccccc1)C(=O)N1C(=O)OC[C@H]1Cc1ccccc1. The Balaban J connectivity index is 1.56. The first-order valence-electron chi connectivity index (χ1n) is 11.7. The maximum atomic E-state index is 13.1. The van der Waals surface area contributed by atoms with Crippen LogP contribution in [0.5, 0.6) is 0 Å². The molecule has 0 aromatic heterocycles. The van der Waals surface area contributed by atoms with E-state index in [9.17, 15) is 19.5 Å². The first-order chi connectivity index (χ1) is 16.3. The molecule has 0 bridgehead atoms. The molecule has 1 aliphatic rings. The molecule has 0 spiro atoms. The van der Waals surface area contributed by atoms with Crippen LogP contribution in [0.25, 0.3) is 0 Å². The van der Waals surface area contributed by atoms with Crippen LogP contribution in [0.1, 0.15) is 31.9 Å². The van der Waals surface area contributed by atoms with E-state index in [4.69, 9.17) is 9.47 Å². The molecule has 0 aliphatic carbocycles. The maximum absolute atomic E-state index is 13.1. The van der Waals surface area contributed by atoms with E-state index in [0.29, 0.717) is 13.0 Å². The van der Waals surface area contributed by atoms with E-state index < -0.39 is 41.8 Å². The number of imide groups is 1. The van der Waals surface area contributed by atoms with Gasteiger partial charge in [0.2, 0.25) is 5.91 Å². The van der Waals surface area contributed by atoms with Crippen molar-refractivity contribution in [2.24, 2.45) is 17.8 Å². The molecule has 7 nitrogen and oxygen atoms in total. The number of benzene rings is 2. The standard InChI is InChI=1S/C27H33NO6/c1-18(15-33-16-22-12-8-5-9-13-22)24(29)19(2)25(30)20(3)26(31)28-23(17-34-27(28)32)14-21-10-6-4-7-11-21/h4-13,18-20,23-24,29H,14-17H2,1-3H3/t18-,19+,20-,23-,24-/m1/s1. The highest BCUT2D eigenvalue weighted by atomic mass is 16.6. The summed E-state index contributed by atoms with van der Waals surface area (Å²) in [5, 5.41) is 10.7. The third-order valence-electron chi connectivity index (χ3n) is 6.35. The van der Waals surface area contributed by atoms with E-state index in [-0.39, 0.29) is 19.1 Å². The van der Waals surface area contributed by atoms with Crippen LogP contribution in [-0.2, 0) is 32.1 Å². The van der Waals surface area contributed by atoms with Gasteiger partial charge in [-0.3, -0.25) is 9.59 Å². The Kier molecular flexibility index (Phi) is 8.96. The van der Waals surface area contributed by atoms with Crippen molar-refractivity contribution >= 4 is 17.8 Å². The fourth-order valence-electron chi connectivity index (χ4n) is 4.19. The van der Waals surface area contributed by atoms with Gasteiger partial charge in [0, 0.05) is 11.8 Å². The first-order valence-corrected chi connectivity index (χ1v) is 11.7. The van der Waals surface area contributed by atoms with Gasteiger partial charge in [0.1, 0.15) is 12.4 Å². The fraction of sp³-hybridized carbons (Fsp3) is 0.444. The van der Waals surface area contributed by atoms with Crippen molar-refractivity contribution in [2.75, 3.05) is 13.2 Å². The summed E-state index contributed by atoms with van der Waals surface area (Å²) < 4.78 is 10.8. The van der Waals surface area contributed by atoms with Gasteiger partial charge in [-0.1, -0.05) is 74.5 Å². The van der Waals surface area contributed by atoms with Crippen molar-refractivity contribution in [3.05, 3.63) is 71.8 Å². The zero-order valence-electron chi connectivity index (χ0n) is 19.9. The van der Waals surface area contributed by atoms with Gasteiger partial charge in [0.15, 0.2) is 0 Å². The minimum Gasteiger partial charge on any atom is -0.447 e. The topological polar surface area (TPSA) is 93.1 Å². The number of ketones is 1. The van der Waals surface area contributed by atoms with Gasteiger partial charge in [-0.15, -0.1) is 0 Å².